The molecule has 1 saturated heterocycles. The number of amides is 1. The van der Waals surface area contributed by atoms with Crippen LogP contribution in [0.25, 0.3) is 0 Å². The lowest BCUT2D eigenvalue weighted by atomic mass is 10.2. The minimum absolute atomic E-state index is 0.263. The predicted octanol–water partition coefficient (Wildman–Crippen LogP) is 4.47. The summed E-state index contributed by atoms with van der Waals surface area (Å²) in [5.41, 5.74) is 3.22. The maximum Gasteiger partial charge on any atom is 0.274 e. The molecular weight excluding hydrogens is 482 g/mol. The van der Waals surface area contributed by atoms with Crippen molar-refractivity contribution < 1.29 is 13.2 Å². The van der Waals surface area contributed by atoms with Gasteiger partial charge in [-0.3, -0.25) is 15.1 Å². The molecule has 1 N–H and O–H groups in total. The molecule has 1 atom stereocenters. The van der Waals surface area contributed by atoms with Crippen LogP contribution in [0.2, 0.25) is 0 Å². The lowest BCUT2D eigenvalue weighted by molar-refractivity contribution is 0.101. The topological polar surface area (TPSA) is 97.2 Å². The molecule has 180 valence electrons. The molecule has 1 aliphatic rings. The molecular formula is C25H25N5O3S2. The Morgan fingerprint density at radius 1 is 1.14 bits per heavy atom. The molecule has 8 nitrogen and oxygen atoms in total. The van der Waals surface area contributed by atoms with E-state index in [0.29, 0.717) is 36.0 Å². The number of thiazole rings is 1. The van der Waals surface area contributed by atoms with E-state index in [1.54, 1.807) is 42.7 Å². The largest absolute Gasteiger partial charge is 0.339 e. The number of rotatable bonds is 7. The van der Waals surface area contributed by atoms with Gasteiger partial charge >= 0.3 is 0 Å². The molecule has 3 aromatic heterocycles. The maximum absolute atomic E-state index is 13.3. The van der Waals surface area contributed by atoms with E-state index < -0.39 is 10.0 Å². The second-order valence-electron chi connectivity index (χ2n) is 8.50. The molecule has 4 aromatic rings. The smallest absolute Gasteiger partial charge is 0.274 e. The lowest BCUT2D eigenvalue weighted by Crippen LogP contribution is -2.30. The molecule has 35 heavy (non-hydrogen) atoms. The van der Waals surface area contributed by atoms with Gasteiger partial charge in [0, 0.05) is 37.1 Å². The van der Waals surface area contributed by atoms with Gasteiger partial charge in [0.15, 0.2) is 5.13 Å². The third-order valence-electron chi connectivity index (χ3n) is 6.08. The Morgan fingerprint density at radius 3 is 2.69 bits per heavy atom. The van der Waals surface area contributed by atoms with Crippen molar-refractivity contribution >= 4 is 32.4 Å². The van der Waals surface area contributed by atoms with E-state index in [1.807, 2.05) is 41.3 Å². The number of nitrogens with zero attached hydrogens (tertiary/aromatic N) is 4. The van der Waals surface area contributed by atoms with Crippen molar-refractivity contribution in [1.82, 2.24) is 18.8 Å². The molecule has 0 radical (unpaired) electrons. The highest BCUT2D eigenvalue weighted by molar-refractivity contribution is 7.89. The van der Waals surface area contributed by atoms with Crippen LogP contribution in [-0.4, -0.2) is 39.7 Å². The molecule has 0 spiro atoms. The molecule has 5 rings (SSSR count). The molecule has 10 heteroatoms. The maximum atomic E-state index is 13.3. The van der Waals surface area contributed by atoms with E-state index in [1.165, 1.54) is 15.6 Å². The van der Waals surface area contributed by atoms with Gasteiger partial charge in [0.05, 0.1) is 16.6 Å². The third kappa shape index (κ3) is 4.90. The number of anilines is 1. The summed E-state index contributed by atoms with van der Waals surface area (Å²) in [5.74, 6) is -0.263. The van der Waals surface area contributed by atoms with Crippen LogP contribution < -0.4 is 5.32 Å². The summed E-state index contributed by atoms with van der Waals surface area (Å²) in [5, 5.41) is 5.15. The van der Waals surface area contributed by atoms with Crippen LogP contribution in [0.1, 0.15) is 46.2 Å². The van der Waals surface area contributed by atoms with Crippen molar-refractivity contribution in [2.75, 3.05) is 11.9 Å². The zero-order chi connectivity index (χ0) is 24.4. The molecule has 1 aliphatic heterocycles. The number of sulfonamides is 1. The van der Waals surface area contributed by atoms with Crippen molar-refractivity contribution in [1.29, 1.82) is 0 Å². The molecule has 0 bridgehead atoms. The normalized spacial score (nSPS) is 16.4. The molecule has 0 saturated carbocycles. The predicted molar refractivity (Wildman–Crippen MR) is 135 cm³/mol. The average molecular weight is 508 g/mol. The average Bonchev–Trinajstić information content (AvgIpc) is 3.61. The van der Waals surface area contributed by atoms with Crippen molar-refractivity contribution in [2.45, 2.75) is 37.2 Å². The molecule has 1 amide bonds. The Morgan fingerprint density at radius 2 is 1.91 bits per heavy atom. The van der Waals surface area contributed by atoms with Gasteiger partial charge < -0.3 is 4.57 Å². The highest BCUT2D eigenvalue weighted by atomic mass is 32.2. The van der Waals surface area contributed by atoms with E-state index in [4.69, 9.17) is 0 Å². The van der Waals surface area contributed by atoms with Crippen molar-refractivity contribution in [3.63, 3.8) is 0 Å². The zero-order valence-corrected chi connectivity index (χ0v) is 20.8. The summed E-state index contributed by atoms with van der Waals surface area (Å²) in [6.45, 7) is 2.92. The lowest BCUT2D eigenvalue weighted by Gasteiger charge is -2.23. The Bertz CT molecular complexity index is 1430. The summed E-state index contributed by atoms with van der Waals surface area (Å²) >= 11 is 1.30. The van der Waals surface area contributed by atoms with Crippen LogP contribution in [0, 0.1) is 6.92 Å². The molecule has 0 aliphatic carbocycles. The highest BCUT2D eigenvalue weighted by Crippen LogP contribution is 2.37. The molecule has 1 aromatic carbocycles. The summed E-state index contributed by atoms with van der Waals surface area (Å²) in [6.07, 6.45) is 6.76. The number of carbonyl (C=O) groups is 1. The number of benzene rings is 1. The minimum atomic E-state index is -3.63. The van der Waals surface area contributed by atoms with E-state index in [2.05, 4.69) is 15.3 Å². The summed E-state index contributed by atoms with van der Waals surface area (Å²) < 4.78 is 30.0. The second-order valence-corrected chi connectivity index (χ2v) is 11.2. The van der Waals surface area contributed by atoms with Crippen LogP contribution in [0.5, 0.6) is 0 Å². The molecule has 1 unspecified atom stereocenters. The number of pyridine rings is 1. The Balaban J connectivity index is 1.31. The van der Waals surface area contributed by atoms with Crippen molar-refractivity contribution in [3.8, 4) is 0 Å². The van der Waals surface area contributed by atoms with E-state index in [-0.39, 0.29) is 16.8 Å². The highest BCUT2D eigenvalue weighted by Gasteiger charge is 2.37. The third-order valence-corrected chi connectivity index (χ3v) is 8.78. The molecule has 1 fully saturated rings. The number of hydrogen-bond acceptors (Lipinski definition) is 6. The Kier molecular flexibility index (Phi) is 6.50. The van der Waals surface area contributed by atoms with E-state index in [0.717, 1.165) is 17.5 Å². The van der Waals surface area contributed by atoms with Crippen molar-refractivity contribution in [2.24, 2.45) is 0 Å². The SMILES string of the molecule is Cc1ccc(S(=O)(=O)N2CCCC2c2csc(NC(=O)c3cccn3Cc3ccncc3)n2)cc1. The summed E-state index contributed by atoms with van der Waals surface area (Å²) in [4.78, 5) is 21.9. The Hall–Kier alpha value is -3.34. The van der Waals surface area contributed by atoms with Crippen LogP contribution >= 0.6 is 11.3 Å². The fourth-order valence-electron chi connectivity index (χ4n) is 4.27. The van der Waals surface area contributed by atoms with Crippen LogP contribution in [0.15, 0.2) is 77.4 Å². The fourth-order valence-corrected chi connectivity index (χ4v) is 6.69. The molecule has 4 heterocycles. The first kappa shape index (κ1) is 23.4. The number of aryl methyl sites for hydroxylation is 1. The van der Waals surface area contributed by atoms with Crippen molar-refractivity contribution in [3.05, 3.63) is 95.0 Å². The monoisotopic (exact) mass is 507 g/mol. The first-order valence-electron chi connectivity index (χ1n) is 11.3. The van der Waals surface area contributed by atoms with Gasteiger partial charge in [-0.2, -0.15) is 4.31 Å². The minimum Gasteiger partial charge on any atom is -0.339 e. The number of carbonyl (C=O) groups excluding carboxylic acids is 1. The summed E-state index contributed by atoms with van der Waals surface area (Å²) in [6, 6.07) is 14.0. The van der Waals surface area contributed by atoms with Gasteiger partial charge in [-0.15, -0.1) is 11.3 Å². The summed E-state index contributed by atoms with van der Waals surface area (Å²) in [7, 11) is -3.63. The first-order valence-corrected chi connectivity index (χ1v) is 13.6. The van der Waals surface area contributed by atoms with Gasteiger partial charge in [0.2, 0.25) is 10.0 Å². The van der Waals surface area contributed by atoms with Crippen LogP contribution in [0.3, 0.4) is 0 Å². The first-order chi connectivity index (χ1) is 16.9. The second kappa shape index (κ2) is 9.73. The number of aromatic nitrogens is 3. The fraction of sp³-hybridized carbons (Fsp3) is 0.240. The van der Waals surface area contributed by atoms with Crippen LogP contribution in [-0.2, 0) is 16.6 Å². The van der Waals surface area contributed by atoms with Gasteiger partial charge in [-0.1, -0.05) is 17.7 Å². The number of hydrogen-bond donors (Lipinski definition) is 1. The van der Waals surface area contributed by atoms with Gasteiger partial charge in [-0.25, -0.2) is 13.4 Å². The van der Waals surface area contributed by atoms with E-state index >= 15 is 0 Å². The van der Waals surface area contributed by atoms with Crippen LogP contribution in [0.4, 0.5) is 5.13 Å². The van der Waals surface area contributed by atoms with Gasteiger partial charge in [-0.05, 0) is 61.7 Å². The van der Waals surface area contributed by atoms with Gasteiger partial charge in [0.1, 0.15) is 5.69 Å². The number of nitrogens with one attached hydrogen (secondary N) is 1. The Labute approximate surface area is 208 Å². The standard InChI is InChI=1S/C25H25N5O3S2/c1-18-6-8-20(9-7-18)35(32,33)30-15-3-4-22(30)21-17-34-25(27-21)28-24(31)23-5-2-14-29(23)16-19-10-12-26-13-11-19/h2,5-14,17,22H,3-4,15-16H2,1H3,(H,27,28,31). The zero-order valence-electron chi connectivity index (χ0n) is 19.2. The van der Waals surface area contributed by atoms with Gasteiger partial charge in [0.25, 0.3) is 5.91 Å². The van der Waals surface area contributed by atoms with E-state index in [9.17, 15) is 13.2 Å². The quantitative estimate of drug-likeness (QED) is 0.398.